The monoisotopic (exact) mass is 588 g/mol. The lowest BCUT2D eigenvalue weighted by molar-refractivity contribution is -0.112. The van der Waals surface area contributed by atoms with Crippen molar-refractivity contribution in [3.63, 3.8) is 0 Å². The first-order valence-corrected chi connectivity index (χ1v) is 13.3. The van der Waals surface area contributed by atoms with Gasteiger partial charge in [-0.15, -0.1) is 0 Å². The first kappa shape index (κ1) is 27.3. The van der Waals surface area contributed by atoms with Crippen LogP contribution in [-0.4, -0.2) is 20.9 Å². The lowest BCUT2D eigenvalue weighted by atomic mass is 10.1. The summed E-state index contributed by atoms with van der Waals surface area (Å²) in [6, 6.07) is 16.0. The number of nitriles is 1. The van der Waals surface area contributed by atoms with Crippen LogP contribution in [0.4, 0.5) is 5.69 Å². The number of anilines is 1. The van der Waals surface area contributed by atoms with Crippen LogP contribution in [0.5, 0.6) is 11.5 Å². The van der Waals surface area contributed by atoms with Gasteiger partial charge in [-0.25, -0.2) is 0 Å². The summed E-state index contributed by atoms with van der Waals surface area (Å²) in [5.74, 6) is -0.531. The van der Waals surface area contributed by atoms with Crippen LogP contribution in [-0.2, 0) is 14.9 Å². The molecule has 0 aliphatic heterocycles. The van der Waals surface area contributed by atoms with E-state index in [1.54, 1.807) is 13.0 Å². The summed E-state index contributed by atoms with van der Waals surface area (Å²) in [4.78, 5) is 12.7. The van der Waals surface area contributed by atoms with Crippen molar-refractivity contribution in [2.45, 2.75) is 25.7 Å². The molecular formula is C26H22BrClN2O5S. The normalized spacial score (nSPS) is 11.5. The van der Waals surface area contributed by atoms with E-state index in [0.717, 1.165) is 11.1 Å². The largest absolute Gasteiger partial charge is 0.490 e. The van der Waals surface area contributed by atoms with E-state index in [2.05, 4.69) is 21.2 Å². The summed E-state index contributed by atoms with van der Waals surface area (Å²) in [6.07, 6.45) is 1.38. The average Bonchev–Trinajstić information content (AvgIpc) is 2.83. The predicted octanol–water partition coefficient (Wildman–Crippen LogP) is 6.43. The highest BCUT2D eigenvalue weighted by molar-refractivity contribution is 9.10. The Kier molecular flexibility index (Phi) is 8.79. The van der Waals surface area contributed by atoms with Gasteiger partial charge in [-0.2, -0.15) is 13.7 Å². The van der Waals surface area contributed by atoms with Crippen LogP contribution in [0, 0.1) is 25.2 Å². The minimum atomic E-state index is -4.19. The Bertz CT molecular complexity index is 1480. The SMILES string of the molecule is CCOc1cc(/C=C(\C#N)C(=O)Nc2cccc(C)c2C)cc(Br)c1OS(=O)(=O)c1ccc(Cl)cc1. The number of amides is 1. The Hall–Kier alpha value is -3.32. The second-order valence-corrected chi connectivity index (χ2v) is 10.5. The van der Waals surface area contributed by atoms with Crippen molar-refractivity contribution in [3.05, 3.63) is 86.4 Å². The van der Waals surface area contributed by atoms with Crippen molar-refractivity contribution >= 4 is 55.3 Å². The topological polar surface area (TPSA) is 105 Å². The van der Waals surface area contributed by atoms with Gasteiger partial charge in [-0.1, -0.05) is 23.7 Å². The Labute approximate surface area is 223 Å². The Morgan fingerprint density at radius 2 is 1.86 bits per heavy atom. The Balaban J connectivity index is 1.95. The molecule has 0 bridgehead atoms. The molecule has 0 saturated carbocycles. The quantitative estimate of drug-likeness (QED) is 0.184. The number of hydrogen-bond donors (Lipinski definition) is 1. The third kappa shape index (κ3) is 6.46. The van der Waals surface area contributed by atoms with E-state index < -0.39 is 16.0 Å². The highest BCUT2D eigenvalue weighted by atomic mass is 79.9. The zero-order valence-electron chi connectivity index (χ0n) is 19.6. The lowest BCUT2D eigenvalue weighted by Crippen LogP contribution is -2.14. The molecule has 0 atom stereocenters. The van der Waals surface area contributed by atoms with Crippen molar-refractivity contribution in [2.24, 2.45) is 0 Å². The maximum atomic E-state index is 12.8. The molecule has 0 radical (unpaired) electrons. The predicted molar refractivity (Wildman–Crippen MR) is 143 cm³/mol. The van der Waals surface area contributed by atoms with Gasteiger partial charge in [-0.05, 0) is 102 Å². The minimum Gasteiger partial charge on any atom is -0.490 e. The van der Waals surface area contributed by atoms with E-state index >= 15 is 0 Å². The molecule has 3 rings (SSSR count). The molecule has 0 aliphatic carbocycles. The number of nitrogens with zero attached hydrogens (tertiary/aromatic N) is 1. The molecule has 0 spiro atoms. The van der Waals surface area contributed by atoms with Crippen LogP contribution in [0.15, 0.2) is 69.5 Å². The summed E-state index contributed by atoms with van der Waals surface area (Å²) >= 11 is 9.17. The van der Waals surface area contributed by atoms with E-state index in [0.29, 0.717) is 16.3 Å². The summed E-state index contributed by atoms with van der Waals surface area (Å²) < 4.78 is 36.8. The molecule has 0 fully saturated rings. The summed E-state index contributed by atoms with van der Waals surface area (Å²) in [7, 11) is -4.19. The van der Waals surface area contributed by atoms with Crippen molar-refractivity contribution in [3.8, 4) is 17.6 Å². The zero-order valence-corrected chi connectivity index (χ0v) is 22.8. The number of aryl methyl sites for hydroxylation is 1. The molecule has 0 unspecified atom stereocenters. The molecule has 10 heteroatoms. The number of hydrogen-bond acceptors (Lipinski definition) is 6. The number of rotatable bonds is 8. The van der Waals surface area contributed by atoms with Crippen molar-refractivity contribution in [1.82, 2.24) is 0 Å². The van der Waals surface area contributed by atoms with Gasteiger partial charge in [0.05, 0.1) is 11.1 Å². The van der Waals surface area contributed by atoms with E-state index in [-0.39, 0.29) is 33.0 Å². The average molecular weight is 590 g/mol. The smallest absolute Gasteiger partial charge is 0.339 e. The molecule has 186 valence electrons. The Morgan fingerprint density at radius 1 is 1.17 bits per heavy atom. The maximum absolute atomic E-state index is 12.8. The molecule has 0 saturated heterocycles. The van der Waals surface area contributed by atoms with E-state index in [1.807, 2.05) is 32.0 Å². The van der Waals surface area contributed by atoms with E-state index in [9.17, 15) is 18.5 Å². The van der Waals surface area contributed by atoms with E-state index in [4.69, 9.17) is 20.5 Å². The standard InChI is InChI=1S/C26H22BrClN2O5S/c1-4-34-24-14-18(12-19(15-29)26(31)30-23-7-5-6-16(2)17(23)3)13-22(27)25(24)35-36(32,33)21-10-8-20(28)9-11-21/h5-14H,4H2,1-3H3,(H,30,31)/b19-12+. The van der Waals surface area contributed by atoms with Gasteiger partial charge in [0.2, 0.25) is 0 Å². The second-order valence-electron chi connectivity index (χ2n) is 7.63. The van der Waals surface area contributed by atoms with Crippen LogP contribution >= 0.6 is 27.5 Å². The van der Waals surface area contributed by atoms with Gasteiger partial charge in [0.25, 0.3) is 5.91 Å². The fraction of sp³-hybridized carbons (Fsp3) is 0.154. The highest BCUT2D eigenvalue weighted by Gasteiger charge is 2.22. The minimum absolute atomic E-state index is 0.0673. The van der Waals surface area contributed by atoms with E-state index in [1.165, 1.54) is 42.5 Å². The lowest BCUT2D eigenvalue weighted by Gasteiger charge is -2.15. The maximum Gasteiger partial charge on any atom is 0.339 e. The number of nitrogens with one attached hydrogen (secondary N) is 1. The molecule has 3 aromatic rings. The molecule has 0 aromatic heterocycles. The molecule has 0 aliphatic rings. The van der Waals surface area contributed by atoms with Crippen molar-refractivity contribution < 1.29 is 22.1 Å². The molecule has 7 nitrogen and oxygen atoms in total. The zero-order chi connectivity index (χ0) is 26.5. The Morgan fingerprint density at radius 3 is 2.50 bits per heavy atom. The second kappa shape index (κ2) is 11.6. The van der Waals surface area contributed by atoms with Gasteiger partial charge < -0.3 is 14.2 Å². The molecule has 3 aromatic carbocycles. The molecule has 0 heterocycles. The number of halogens is 2. The first-order chi connectivity index (χ1) is 17.1. The van der Waals surface area contributed by atoms with Crippen molar-refractivity contribution in [2.75, 3.05) is 11.9 Å². The van der Waals surface area contributed by atoms with Crippen LogP contribution in [0.1, 0.15) is 23.6 Å². The van der Waals surface area contributed by atoms with Gasteiger partial charge in [0.15, 0.2) is 11.5 Å². The van der Waals surface area contributed by atoms with Gasteiger partial charge in [0, 0.05) is 10.7 Å². The first-order valence-electron chi connectivity index (χ1n) is 10.7. The van der Waals surface area contributed by atoms with Crippen LogP contribution < -0.4 is 14.2 Å². The number of ether oxygens (including phenoxy) is 1. The molecule has 1 N–H and O–H groups in total. The van der Waals surface area contributed by atoms with Crippen molar-refractivity contribution in [1.29, 1.82) is 5.26 Å². The molecule has 36 heavy (non-hydrogen) atoms. The van der Waals surface area contributed by atoms with Gasteiger partial charge in [-0.3, -0.25) is 4.79 Å². The van der Waals surface area contributed by atoms with Gasteiger partial charge in [0.1, 0.15) is 16.5 Å². The van der Waals surface area contributed by atoms with Gasteiger partial charge >= 0.3 is 10.1 Å². The fourth-order valence-corrected chi connectivity index (χ4v) is 4.90. The summed E-state index contributed by atoms with van der Waals surface area (Å²) in [6.45, 7) is 5.75. The number of carbonyl (C=O) groups is 1. The third-order valence-electron chi connectivity index (χ3n) is 5.16. The van der Waals surface area contributed by atoms with Crippen LogP contribution in [0.25, 0.3) is 6.08 Å². The fourth-order valence-electron chi connectivity index (χ4n) is 3.17. The van der Waals surface area contributed by atoms with Crippen LogP contribution in [0.3, 0.4) is 0 Å². The summed E-state index contributed by atoms with van der Waals surface area (Å²) in [5.41, 5.74) is 2.79. The number of carbonyl (C=O) groups excluding carboxylic acids is 1. The molecular weight excluding hydrogens is 568 g/mol. The third-order valence-corrected chi connectivity index (χ3v) is 7.23. The highest BCUT2D eigenvalue weighted by Crippen LogP contribution is 2.39. The number of benzene rings is 3. The summed E-state index contributed by atoms with van der Waals surface area (Å²) in [5, 5.41) is 12.8. The van der Waals surface area contributed by atoms with Crippen LogP contribution in [0.2, 0.25) is 5.02 Å². The molecule has 1 amide bonds.